The Morgan fingerprint density at radius 1 is 1.21 bits per heavy atom. The molecule has 11 heteroatoms. The zero-order valence-corrected chi connectivity index (χ0v) is 15.5. The van der Waals surface area contributed by atoms with Crippen molar-refractivity contribution in [3.63, 3.8) is 0 Å². The van der Waals surface area contributed by atoms with Gasteiger partial charge in [0, 0.05) is 17.7 Å². The lowest BCUT2D eigenvalue weighted by molar-refractivity contribution is -0.207. The van der Waals surface area contributed by atoms with Gasteiger partial charge in [-0.3, -0.25) is 0 Å². The Kier molecular flexibility index (Phi) is 5.71. The Balaban J connectivity index is 2.01. The predicted molar refractivity (Wildman–Crippen MR) is 90.8 cm³/mol. The van der Waals surface area contributed by atoms with Crippen molar-refractivity contribution in [3.8, 4) is 5.75 Å². The van der Waals surface area contributed by atoms with Gasteiger partial charge in [0.2, 0.25) is 0 Å². The molecule has 2 atom stereocenters. The van der Waals surface area contributed by atoms with Gasteiger partial charge in [-0.15, -0.1) is 0 Å². The van der Waals surface area contributed by atoms with E-state index in [1.807, 2.05) is 0 Å². The Morgan fingerprint density at radius 2 is 1.90 bits per heavy atom. The third-order valence-corrected chi connectivity index (χ3v) is 4.57. The number of hydrogen-bond acceptors (Lipinski definition) is 8. The minimum Gasteiger partial charge on any atom is -0.480 e. The molecule has 1 aromatic rings. The van der Waals surface area contributed by atoms with Crippen molar-refractivity contribution in [2.24, 2.45) is 0 Å². The lowest BCUT2D eigenvalue weighted by atomic mass is 9.97. The van der Waals surface area contributed by atoms with Crippen molar-refractivity contribution in [3.05, 3.63) is 35.0 Å². The number of rotatable bonds is 3. The van der Waals surface area contributed by atoms with Crippen LogP contribution in [-0.2, 0) is 23.8 Å². The molecule has 0 bridgehead atoms. The molecular weight excluding hydrogens is 399 g/mol. The number of alkyl halides is 3. The van der Waals surface area contributed by atoms with Crippen molar-refractivity contribution < 1.29 is 46.8 Å². The van der Waals surface area contributed by atoms with Crippen LogP contribution in [0.3, 0.4) is 0 Å². The minimum atomic E-state index is -4.62. The molecule has 1 aromatic carbocycles. The first-order valence-electron chi connectivity index (χ1n) is 8.47. The second-order valence-electron chi connectivity index (χ2n) is 6.34. The van der Waals surface area contributed by atoms with Crippen molar-refractivity contribution in [2.75, 3.05) is 32.5 Å². The average Bonchev–Trinajstić information content (AvgIpc) is 2.71. The average molecular weight is 417 g/mol. The van der Waals surface area contributed by atoms with E-state index >= 15 is 0 Å². The first-order valence-corrected chi connectivity index (χ1v) is 8.47. The lowest BCUT2D eigenvalue weighted by Crippen LogP contribution is -2.40. The zero-order valence-electron chi connectivity index (χ0n) is 15.5. The highest BCUT2D eigenvalue weighted by atomic mass is 19.4. The first kappa shape index (κ1) is 20.9. The highest BCUT2D eigenvalue weighted by Gasteiger charge is 2.46. The van der Waals surface area contributed by atoms with E-state index < -0.39 is 36.7 Å². The van der Waals surface area contributed by atoms with Crippen molar-refractivity contribution >= 4 is 17.6 Å². The lowest BCUT2D eigenvalue weighted by Gasteiger charge is -2.34. The standard InChI is InChI=1S/C18H18F3NO7/c1-26-16(24)11-7-28-8-22(15(11)17(25)27-2)9-3-4-13-10(5-9)12(23)6-14(29-13)18(19,20)21/h3-5,12,14,23H,6-8H2,1-2H3. The van der Waals surface area contributed by atoms with Crippen LogP contribution in [0.25, 0.3) is 0 Å². The Morgan fingerprint density at radius 3 is 2.52 bits per heavy atom. The smallest absolute Gasteiger partial charge is 0.425 e. The van der Waals surface area contributed by atoms with Crippen molar-refractivity contribution in [2.45, 2.75) is 24.8 Å². The summed E-state index contributed by atoms with van der Waals surface area (Å²) in [6.45, 7) is -0.316. The highest BCUT2D eigenvalue weighted by Crippen LogP contribution is 2.42. The number of anilines is 1. The van der Waals surface area contributed by atoms with Crippen LogP contribution in [0, 0.1) is 0 Å². The van der Waals surface area contributed by atoms with Crippen LogP contribution in [0.5, 0.6) is 5.75 Å². The monoisotopic (exact) mass is 417 g/mol. The van der Waals surface area contributed by atoms with Crippen molar-refractivity contribution in [1.29, 1.82) is 0 Å². The maximum Gasteiger partial charge on any atom is 0.425 e. The van der Waals surface area contributed by atoms with Gasteiger partial charge in [-0.05, 0) is 18.2 Å². The van der Waals surface area contributed by atoms with Gasteiger partial charge in [-0.25, -0.2) is 9.59 Å². The fraction of sp³-hybridized carbons (Fsp3) is 0.444. The molecule has 0 saturated heterocycles. The van der Waals surface area contributed by atoms with E-state index in [1.165, 1.54) is 23.1 Å². The summed E-state index contributed by atoms with van der Waals surface area (Å²) >= 11 is 0. The summed E-state index contributed by atoms with van der Waals surface area (Å²) in [6, 6.07) is 4.02. The number of benzene rings is 1. The van der Waals surface area contributed by atoms with Gasteiger partial charge in [-0.1, -0.05) is 0 Å². The molecule has 29 heavy (non-hydrogen) atoms. The normalized spacial score (nSPS) is 21.9. The molecule has 8 nitrogen and oxygen atoms in total. The number of aliphatic hydroxyl groups excluding tert-OH is 1. The molecular formula is C18H18F3NO7. The Labute approximate surface area is 163 Å². The molecule has 0 saturated carbocycles. The molecule has 2 heterocycles. The number of nitrogens with zero attached hydrogens (tertiary/aromatic N) is 1. The summed E-state index contributed by atoms with van der Waals surface area (Å²) in [5.74, 6) is -1.73. The molecule has 2 aliphatic heterocycles. The maximum absolute atomic E-state index is 12.9. The van der Waals surface area contributed by atoms with Gasteiger partial charge in [0.05, 0.1) is 32.5 Å². The quantitative estimate of drug-likeness (QED) is 0.745. The summed E-state index contributed by atoms with van der Waals surface area (Å²) in [7, 11) is 2.28. The van der Waals surface area contributed by atoms with Crippen LogP contribution >= 0.6 is 0 Å². The van der Waals surface area contributed by atoms with E-state index in [9.17, 15) is 27.9 Å². The number of esters is 2. The first-order chi connectivity index (χ1) is 13.7. The van der Waals surface area contributed by atoms with E-state index in [0.29, 0.717) is 5.69 Å². The summed E-state index contributed by atoms with van der Waals surface area (Å²) in [5, 5.41) is 10.2. The largest absolute Gasteiger partial charge is 0.480 e. The van der Waals surface area contributed by atoms with Crippen LogP contribution in [0.1, 0.15) is 18.1 Å². The van der Waals surface area contributed by atoms with Gasteiger partial charge in [0.25, 0.3) is 0 Å². The van der Waals surface area contributed by atoms with Crippen LogP contribution in [0.4, 0.5) is 18.9 Å². The molecule has 0 fully saturated rings. The Hall–Kier alpha value is -2.79. The number of carbonyl (C=O) groups is 2. The summed E-state index contributed by atoms with van der Waals surface area (Å²) in [4.78, 5) is 25.6. The topological polar surface area (TPSA) is 94.5 Å². The number of carbonyl (C=O) groups excluding carboxylic acids is 2. The number of aliphatic hydroxyl groups is 1. The van der Waals surface area contributed by atoms with Gasteiger partial charge < -0.3 is 29.0 Å². The molecule has 158 valence electrons. The molecule has 3 rings (SSSR count). The predicted octanol–water partition coefficient (Wildman–Crippen LogP) is 1.83. The Bertz CT molecular complexity index is 852. The summed E-state index contributed by atoms with van der Waals surface area (Å²) in [6.07, 6.45) is -8.83. The van der Waals surface area contributed by atoms with Gasteiger partial charge in [0.15, 0.2) is 6.10 Å². The van der Waals surface area contributed by atoms with Gasteiger partial charge >= 0.3 is 18.1 Å². The van der Waals surface area contributed by atoms with E-state index in [4.69, 9.17) is 14.2 Å². The summed E-state index contributed by atoms with van der Waals surface area (Å²) in [5.41, 5.74) is 0.220. The summed E-state index contributed by atoms with van der Waals surface area (Å²) < 4.78 is 58.6. The van der Waals surface area contributed by atoms with Gasteiger partial charge in [0.1, 0.15) is 18.2 Å². The van der Waals surface area contributed by atoms with Crippen LogP contribution in [0.15, 0.2) is 29.5 Å². The number of methoxy groups -OCH3 is 2. The van der Waals surface area contributed by atoms with E-state index in [-0.39, 0.29) is 35.9 Å². The molecule has 0 spiro atoms. The number of fused-ring (bicyclic) bond motifs is 1. The number of hydrogen-bond donors (Lipinski definition) is 1. The maximum atomic E-state index is 12.9. The molecule has 0 radical (unpaired) electrons. The fourth-order valence-corrected chi connectivity index (χ4v) is 3.15. The van der Waals surface area contributed by atoms with Crippen LogP contribution < -0.4 is 9.64 Å². The molecule has 0 amide bonds. The SMILES string of the molecule is COC(=O)C1=C(C(=O)OC)N(c2ccc3c(c2)C(O)CC(C(F)(F)F)O3)COC1. The number of ether oxygens (including phenoxy) is 4. The third kappa shape index (κ3) is 4.01. The second kappa shape index (κ2) is 7.91. The molecule has 0 aliphatic carbocycles. The minimum absolute atomic E-state index is 0.0720. The van der Waals surface area contributed by atoms with Crippen molar-refractivity contribution in [1.82, 2.24) is 0 Å². The molecule has 2 unspecified atom stereocenters. The zero-order chi connectivity index (χ0) is 21.3. The molecule has 2 aliphatic rings. The number of halogens is 3. The van der Waals surface area contributed by atoms with E-state index in [0.717, 1.165) is 14.2 Å². The highest BCUT2D eigenvalue weighted by molar-refractivity contribution is 6.03. The van der Waals surface area contributed by atoms with Gasteiger partial charge in [-0.2, -0.15) is 13.2 Å². The van der Waals surface area contributed by atoms with E-state index in [2.05, 4.69) is 4.74 Å². The van der Waals surface area contributed by atoms with Crippen LogP contribution in [-0.4, -0.2) is 56.9 Å². The van der Waals surface area contributed by atoms with E-state index in [1.54, 1.807) is 0 Å². The van der Waals surface area contributed by atoms with Crippen LogP contribution in [0.2, 0.25) is 0 Å². The molecule has 1 N–H and O–H groups in total. The fourth-order valence-electron chi connectivity index (χ4n) is 3.15. The molecule has 0 aromatic heterocycles. The third-order valence-electron chi connectivity index (χ3n) is 4.57. The second-order valence-corrected chi connectivity index (χ2v) is 6.34.